The Balaban J connectivity index is 1.74. The number of nitrogens with one attached hydrogen (secondary N) is 1. The minimum atomic E-state index is -1.79. The van der Waals surface area contributed by atoms with Crippen LogP contribution in [0.5, 0.6) is 0 Å². The average molecular weight is 1100 g/mol. The molecule has 0 bridgehead atoms. The molecule has 2 aliphatic heterocycles. The summed E-state index contributed by atoms with van der Waals surface area (Å²) < 4.78 is 22.8. The standard InChI is InChI=1S/C63H117NO13/c1-3-5-7-9-11-13-15-17-19-21-23-24-25-26-27-28-29-31-33-35-37-39-41-43-45-47-55(68)64-51(52(67)46-44-42-40-38-36-34-32-30-22-20-18-16-14-12-10-8-6-4-2)50-74-62-60(73)58(71)61(54(49-66)76-62)77-63-59(72)57(70)56(69)53(48-65)75-63/h22,30,36,38,44,46,51-54,56-63,65-67,69-73H,3-21,23-29,31-35,37,39-43,45,47-50H2,1-2H3,(H,64,68)/b30-22+,38-36+,46-44+. The Hall–Kier alpha value is -1.79. The van der Waals surface area contributed by atoms with Crippen molar-refractivity contribution in [2.45, 2.75) is 338 Å². The number of hydrogen-bond donors (Lipinski definition) is 9. The van der Waals surface area contributed by atoms with Gasteiger partial charge in [0.25, 0.3) is 0 Å². The van der Waals surface area contributed by atoms with Gasteiger partial charge in [0, 0.05) is 6.42 Å². The van der Waals surface area contributed by atoms with E-state index in [-0.39, 0.29) is 18.9 Å². The number of allylic oxidation sites excluding steroid dienone is 5. The molecule has 0 aromatic heterocycles. The summed E-state index contributed by atoms with van der Waals surface area (Å²) in [5, 5.41) is 87.1. The van der Waals surface area contributed by atoms with Crippen LogP contribution < -0.4 is 5.32 Å². The third-order valence-corrected chi connectivity index (χ3v) is 15.6. The lowest BCUT2D eigenvalue weighted by atomic mass is 9.97. The summed E-state index contributed by atoms with van der Waals surface area (Å²) in [7, 11) is 0. The molecule has 1 amide bonds. The van der Waals surface area contributed by atoms with Crippen molar-refractivity contribution in [1.29, 1.82) is 0 Å². The van der Waals surface area contributed by atoms with Crippen molar-refractivity contribution in [3.05, 3.63) is 36.5 Å². The summed E-state index contributed by atoms with van der Waals surface area (Å²) >= 11 is 0. The molecule has 0 aromatic carbocycles. The SMILES string of the molecule is CCCCCCCCCC/C=C/CC/C=C/CC/C=C/C(O)C(COC1OC(CO)C(OC2OC(CO)C(O)C(O)C2O)C(O)C1O)NC(=O)CCCCCCCCCCCCCCCCCCCCCCCCCCC. The fourth-order valence-corrected chi connectivity index (χ4v) is 10.4. The number of hydrogen-bond acceptors (Lipinski definition) is 13. The number of unbranched alkanes of at least 4 members (excludes halogenated alkanes) is 34. The first-order valence-corrected chi connectivity index (χ1v) is 31.7. The van der Waals surface area contributed by atoms with Gasteiger partial charge < -0.3 is 65.1 Å². The van der Waals surface area contributed by atoms with Gasteiger partial charge in [0.1, 0.15) is 48.8 Å². The predicted octanol–water partition coefficient (Wildman–Crippen LogP) is 11.4. The molecule has 2 saturated heterocycles. The van der Waals surface area contributed by atoms with E-state index in [0.29, 0.717) is 12.8 Å². The first-order valence-electron chi connectivity index (χ1n) is 31.7. The van der Waals surface area contributed by atoms with E-state index in [2.05, 4.69) is 43.5 Å². The summed E-state index contributed by atoms with van der Waals surface area (Å²) in [5.41, 5.74) is 0. The second-order valence-electron chi connectivity index (χ2n) is 22.5. The van der Waals surface area contributed by atoms with Crippen LogP contribution in [0.15, 0.2) is 36.5 Å². The minimum Gasteiger partial charge on any atom is -0.394 e. The lowest BCUT2D eigenvalue weighted by Crippen LogP contribution is -2.65. The second-order valence-corrected chi connectivity index (χ2v) is 22.5. The predicted molar refractivity (Wildman–Crippen MR) is 309 cm³/mol. The molecule has 0 saturated carbocycles. The van der Waals surface area contributed by atoms with Gasteiger partial charge in [-0.25, -0.2) is 0 Å². The van der Waals surface area contributed by atoms with Crippen LogP contribution in [0.4, 0.5) is 0 Å². The molecule has 2 aliphatic rings. The highest BCUT2D eigenvalue weighted by atomic mass is 16.7. The van der Waals surface area contributed by atoms with Crippen molar-refractivity contribution in [1.82, 2.24) is 5.32 Å². The summed E-state index contributed by atoms with van der Waals surface area (Å²) in [6.45, 7) is 2.80. The number of aliphatic hydroxyl groups is 8. The number of ether oxygens (including phenoxy) is 4. The Morgan fingerprint density at radius 3 is 1.27 bits per heavy atom. The lowest BCUT2D eigenvalue weighted by Gasteiger charge is -2.46. The number of aliphatic hydroxyl groups excluding tert-OH is 8. The van der Waals surface area contributed by atoms with Crippen LogP contribution in [-0.2, 0) is 23.7 Å². The first kappa shape index (κ1) is 71.3. The van der Waals surface area contributed by atoms with E-state index in [4.69, 9.17) is 18.9 Å². The van der Waals surface area contributed by atoms with Crippen LogP contribution in [0.3, 0.4) is 0 Å². The lowest BCUT2D eigenvalue weighted by molar-refractivity contribution is -0.359. The molecule has 14 nitrogen and oxygen atoms in total. The molecule has 12 atom stereocenters. The highest BCUT2D eigenvalue weighted by Crippen LogP contribution is 2.30. The molecule has 2 fully saturated rings. The van der Waals surface area contributed by atoms with E-state index in [0.717, 1.165) is 44.9 Å². The van der Waals surface area contributed by atoms with Gasteiger partial charge in [-0.2, -0.15) is 0 Å². The molecule has 0 aliphatic carbocycles. The third kappa shape index (κ3) is 34.3. The zero-order valence-corrected chi connectivity index (χ0v) is 48.7. The van der Waals surface area contributed by atoms with Crippen molar-refractivity contribution in [2.75, 3.05) is 19.8 Å². The van der Waals surface area contributed by atoms with Crippen LogP contribution in [0, 0.1) is 0 Å². The van der Waals surface area contributed by atoms with Gasteiger partial charge in [-0.05, 0) is 44.9 Å². The Morgan fingerprint density at radius 1 is 0.455 bits per heavy atom. The van der Waals surface area contributed by atoms with Crippen molar-refractivity contribution in [2.24, 2.45) is 0 Å². The Morgan fingerprint density at radius 2 is 0.831 bits per heavy atom. The Bertz CT molecular complexity index is 1430. The van der Waals surface area contributed by atoms with Crippen molar-refractivity contribution >= 4 is 5.91 Å². The van der Waals surface area contributed by atoms with Gasteiger partial charge in [0.15, 0.2) is 12.6 Å². The quantitative estimate of drug-likeness (QED) is 0.0204. The second kappa shape index (κ2) is 48.9. The summed E-state index contributed by atoms with van der Waals surface area (Å²) in [4.78, 5) is 13.3. The fourth-order valence-electron chi connectivity index (χ4n) is 10.4. The van der Waals surface area contributed by atoms with Crippen molar-refractivity contribution < 1.29 is 64.6 Å². The maximum Gasteiger partial charge on any atom is 0.220 e. The molecule has 9 N–H and O–H groups in total. The zero-order valence-electron chi connectivity index (χ0n) is 48.7. The van der Waals surface area contributed by atoms with E-state index in [1.165, 1.54) is 186 Å². The normalized spacial score (nSPS) is 24.9. The monoisotopic (exact) mass is 1100 g/mol. The molecular weight excluding hydrogens is 979 g/mol. The zero-order chi connectivity index (χ0) is 56.0. The van der Waals surface area contributed by atoms with Crippen molar-refractivity contribution in [3.8, 4) is 0 Å². The van der Waals surface area contributed by atoms with Crippen LogP contribution in [0.1, 0.15) is 264 Å². The maximum absolute atomic E-state index is 13.3. The molecule has 0 aromatic rings. The van der Waals surface area contributed by atoms with E-state index in [1.54, 1.807) is 6.08 Å². The summed E-state index contributed by atoms with van der Waals surface area (Å²) in [5.74, 6) is -0.249. The van der Waals surface area contributed by atoms with E-state index in [9.17, 15) is 45.6 Å². The van der Waals surface area contributed by atoms with E-state index >= 15 is 0 Å². The number of carbonyl (C=O) groups excluding carboxylic acids is 1. The fraction of sp³-hybridized carbons (Fsp3) is 0.889. The highest BCUT2D eigenvalue weighted by molar-refractivity contribution is 5.76. The average Bonchev–Trinajstić information content (AvgIpc) is 3.44. The molecule has 14 heteroatoms. The van der Waals surface area contributed by atoms with Gasteiger partial charge >= 0.3 is 0 Å². The van der Waals surface area contributed by atoms with Crippen LogP contribution >= 0.6 is 0 Å². The van der Waals surface area contributed by atoms with Crippen LogP contribution in [0.2, 0.25) is 0 Å². The number of amides is 1. The molecule has 0 radical (unpaired) electrons. The van der Waals surface area contributed by atoms with Gasteiger partial charge in [-0.15, -0.1) is 0 Å². The highest BCUT2D eigenvalue weighted by Gasteiger charge is 2.51. The largest absolute Gasteiger partial charge is 0.394 e. The summed E-state index contributed by atoms with van der Waals surface area (Å²) in [6, 6.07) is -0.935. The summed E-state index contributed by atoms with van der Waals surface area (Å²) in [6.07, 6.45) is 43.4. The number of rotatable bonds is 51. The molecular formula is C63H117NO13. The third-order valence-electron chi connectivity index (χ3n) is 15.6. The molecule has 12 unspecified atom stereocenters. The Kier molecular flexibility index (Phi) is 45.3. The minimum absolute atomic E-state index is 0.249. The Labute approximate surface area is 468 Å². The molecule has 77 heavy (non-hydrogen) atoms. The van der Waals surface area contributed by atoms with Gasteiger partial charge in [-0.1, -0.05) is 249 Å². The van der Waals surface area contributed by atoms with E-state index < -0.39 is 86.8 Å². The smallest absolute Gasteiger partial charge is 0.220 e. The molecule has 2 heterocycles. The molecule has 2 rings (SSSR count). The van der Waals surface area contributed by atoms with Gasteiger partial charge in [0.05, 0.1) is 32.0 Å². The van der Waals surface area contributed by atoms with Crippen molar-refractivity contribution in [3.63, 3.8) is 0 Å². The van der Waals surface area contributed by atoms with Gasteiger partial charge in [-0.3, -0.25) is 4.79 Å². The molecule has 452 valence electrons. The maximum atomic E-state index is 13.3. The molecule has 0 spiro atoms. The van der Waals surface area contributed by atoms with Crippen LogP contribution in [-0.4, -0.2) is 140 Å². The first-order chi connectivity index (χ1) is 37.6. The van der Waals surface area contributed by atoms with Gasteiger partial charge in [0.2, 0.25) is 5.91 Å². The van der Waals surface area contributed by atoms with Crippen LogP contribution in [0.25, 0.3) is 0 Å². The van der Waals surface area contributed by atoms with E-state index in [1.807, 2.05) is 6.08 Å². The number of carbonyl (C=O) groups is 1. The topological polar surface area (TPSA) is 228 Å².